The maximum absolute atomic E-state index is 13.5. The van der Waals surface area contributed by atoms with E-state index in [2.05, 4.69) is 0 Å². The minimum Gasteiger partial charge on any atom is -0.497 e. The Kier molecular flexibility index (Phi) is 7.41. The maximum atomic E-state index is 13.5. The number of fused-ring (bicyclic) bond motifs is 1. The summed E-state index contributed by atoms with van der Waals surface area (Å²) >= 11 is 0. The van der Waals surface area contributed by atoms with Gasteiger partial charge in [-0.25, -0.2) is 0 Å². The topological polar surface area (TPSA) is 71.1 Å². The highest BCUT2D eigenvalue weighted by Gasteiger charge is 2.63. The molecule has 0 saturated carbocycles. The fraction of sp³-hybridized carbons (Fsp3) is 0.379. The number of esters is 2. The van der Waals surface area contributed by atoms with Gasteiger partial charge in [0.05, 0.1) is 32.5 Å². The van der Waals surface area contributed by atoms with Crippen molar-refractivity contribution >= 4 is 22.7 Å². The molecule has 0 radical (unpaired) electrons. The third-order valence-corrected chi connectivity index (χ3v) is 6.84. The Morgan fingerprint density at radius 2 is 1.57 bits per heavy atom. The molecule has 35 heavy (non-hydrogen) atoms. The van der Waals surface area contributed by atoms with Crippen LogP contribution in [0.5, 0.6) is 5.75 Å². The lowest BCUT2D eigenvalue weighted by Crippen LogP contribution is -2.50. The van der Waals surface area contributed by atoms with E-state index in [1.165, 1.54) is 0 Å². The Morgan fingerprint density at radius 3 is 2.20 bits per heavy atom. The van der Waals surface area contributed by atoms with Gasteiger partial charge < -0.3 is 18.9 Å². The molecule has 3 atom stereocenters. The molecule has 184 valence electrons. The van der Waals surface area contributed by atoms with Gasteiger partial charge in [0.2, 0.25) is 0 Å². The van der Waals surface area contributed by atoms with Gasteiger partial charge in [-0.2, -0.15) is 0 Å². The number of hydrogen-bond donors (Lipinski definition) is 0. The lowest BCUT2D eigenvalue weighted by atomic mass is 9.72. The first kappa shape index (κ1) is 24.7. The second kappa shape index (κ2) is 10.5. The van der Waals surface area contributed by atoms with Gasteiger partial charge in [0, 0.05) is 12.3 Å². The Labute approximate surface area is 206 Å². The van der Waals surface area contributed by atoms with Crippen molar-refractivity contribution in [3.63, 3.8) is 0 Å². The zero-order chi connectivity index (χ0) is 25.0. The summed E-state index contributed by atoms with van der Waals surface area (Å²) in [4.78, 5) is 27.1. The van der Waals surface area contributed by atoms with E-state index in [-0.39, 0.29) is 25.6 Å². The summed E-state index contributed by atoms with van der Waals surface area (Å²) in [5, 5.41) is 2.14. The summed E-state index contributed by atoms with van der Waals surface area (Å²) in [5.74, 6) is -0.786. The van der Waals surface area contributed by atoms with Crippen molar-refractivity contribution < 1.29 is 28.5 Å². The second-order valence-electron chi connectivity index (χ2n) is 8.79. The molecule has 1 saturated heterocycles. The Morgan fingerprint density at radius 1 is 0.943 bits per heavy atom. The molecule has 4 rings (SSSR count). The van der Waals surface area contributed by atoms with Gasteiger partial charge in [0.15, 0.2) is 5.41 Å². The van der Waals surface area contributed by atoms with Crippen LogP contribution in [-0.2, 0) is 23.8 Å². The van der Waals surface area contributed by atoms with Crippen LogP contribution in [0.2, 0.25) is 0 Å². The molecule has 0 N–H and O–H groups in total. The molecule has 6 heteroatoms. The number of rotatable bonds is 8. The summed E-state index contributed by atoms with van der Waals surface area (Å²) in [5.41, 5.74) is 0.269. The molecule has 6 nitrogen and oxygen atoms in total. The normalized spacial score (nSPS) is 19.8. The SMILES string of the molecule is CCOC(=O)C1(C(=O)OCC)C[C@H](c2ccc(OC)cc2)O[C@@H]1[C@H](C)c1cccc2ccccc12. The number of benzene rings is 3. The van der Waals surface area contributed by atoms with Crippen molar-refractivity contribution in [3.05, 3.63) is 77.9 Å². The van der Waals surface area contributed by atoms with E-state index in [0.717, 1.165) is 27.6 Å². The molecule has 3 aromatic carbocycles. The van der Waals surface area contributed by atoms with Crippen LogP contribution in [0.25, 0.3) is 10.8 Å². The number of carbonyl (C=O) groups excluding carboxylic acids is 2. The fourth-order valence-corrected chi connectivity index (χ4v) is 5.12. The average molecular weight is 477 g/mol. The third-order valence-electron chi connectivity index (χ3n) is 6.84. The number of carbonyl (C=O) groups is 2. The minimum atomic E-state index is -1.59. The standard InChI is InChI=1S/C29H32O6/c1-5-33-27(30)29(28(31)34-6-2)18-25(21-14-16-22(32-4)17-15-21)35-26(29)19(3)23-13-9-11-20-10-7-8-12-24(20)23/h7-17,19,25-26H,5-6,18H2,1-4H3/t19-,25-,26-/m1/s1. The predicted octanol–water partition coefficient (Wildman–Crippen LogP) is 5.59. The van der Waals surface area contributed by atoms with Crippen molar-refractivity contribution in [2.45, 2.75) is 45.3 Å². The summed E-state index contributed by atoms with van der Waals surface area (Å²) in [7, 11) is 1.61. The van der Waals surface area contributed by atoms with E-state index in [4.69, 9.17) is 18.9 Å². The highest BCUT2D eigenvalue weighted by atomic mass is 16.6. The van der Waals surface area contributed by atoms with Crippen LogP contribution in [0.3, 0.4) is 0 Å². The van der Waals surface area contributed by atoms with E-state index >= 15 is 0 Å². The van der Waals surface area contributed by atoms with Crippen molar-refractivity contribution in [1.29, 1.82) is 0 Å². The van der Waals surface area contributed by atoms with E-state index in [9.17, 15) is 9.59 Å². The molecule has 1 fully saturated rings. The molecule has 0 spiro atoms. The third kappa shape index (κ3) is 4.50. The molecule has 0 unspecified atom stereocenters. The Hall–Kier alpha value is -3.38. The molecule has 1 aliphatic heterocycles. The summed E-state index contributed by atoms with van der Waals surface area (Å²) in [6.07, 6.45) is -1.13. The van der Waals surface area contributed by atoms with E-state index in [1.54, 1.807) is 21.0 Å². The molecular formula is C29H32O6. The molecule has 0 aliphatic carbocycles. The molecule has 3 aromatic rings. The monoisotopic (exact) mass is 476 g/mol. The predicted molar refractivity (Wildman–Crippen MR) is 133 cm³/mol. The van der Waals surface area contributed by atoms with Crippen molar-refractivity contribution in [1.82, 2.24) is 0 Å². The smallest absolute Gasteiger partial charge is 0.326 e. The average Bonchev–Trinajstić information content (AvgIpc) is 3.30. The van der Waals surface area contributed by atoms with Crippen molar-refractivity contribution in [3.8, 4) is 5.75 Å². The van der Waals surface area contributed by atoms with Crippen LogP contribution in [0.1, 0.15) is 50.3 Å². The largest absolute Gasteiger partial charge is 0.497 e. The highest BCUT2D eigenvalue weighted by Crippen LogP contribution is 2.52. The lowest BCUT2D eigenvalue weighted by Gasteiger charge is -2.33. The number of ether oxygens (including phenoxy) is 4. The lowest BCUT2D eigenvalue weighted by molar-refractivity contribution is -0.177. The fourth-order valence-electron chi connectivity index (χ4n) is 5.12. The molecule has 0 amide bonds. The zero-order valence-corrected chi connectivity index (χ0v) is 20.7. The molecule has 0 bridgehead atoms. The molecular weight excluding hydrogens is 444 g/mol. The van der Waals surface area contributed by atoms with E-state index < -0.39 is 29.6 Å². The van der Waals surface area contributed by atoms with Crippen LogP contribution in [0, 0.1) is 5.41 Å². The van der Waals surface area contributed by atoms with Gasteiger partial charge in [0.1, 0.15) is 5.75 Å². The van der Waals surface area contributed by atoms with Gasteiger partial charge in [-0.15, -0.1) is 0 Å². The van der Waals surface area contributed by atoms with Gasteiger partial charge in [0.25, 0.3) is 0 Å². The first-order valence-electron chi connectivity index (χ1n) is 12.1. The van der Waals surface area contributed by atoms with Crippen LogP contribution in [0.15, 0.2) is 66.7 Å². The van der Waals surface area contributed by atoms with Gasteiger partial charge in [-0.3, -0.25) is 9.59 Å². The van der Waals surface area contributed by atoms with Gasteiger partial charge in [-0.05, 0) is 47.9 Å². The van der Waals surface area contributed by atoms with Crippen LogP contribution >= 0.6 is 0 Å². The summed E-state index contributed by atoms with van der Waals surface area (Å²) in [6, 6.07) is 21.6. The number of methoxy groups -OCH3 is 1. The molecule has 1 aliphatic rings. The van der Waals surface area contributed by atoms with Crippen LogP contribution in [-0.4, -0.2) is 38.4 Å². The molecule has 0 aromatic heterocycles. The van der Waals surface area contributed by atoms with Crippen molar-refractivity contribution in [2.24, 2.45) is 5.41 Å². The van der Waals surface area contributed by atoms with E-state index in [0.29, 0.717) is 0 Å². The Balaban J connectivity index is 1.83. The minimum absolute atomic E-state index is 0.136. The van der Waals surface area contributed by atoms with Crippen LogP contribution in [0.4, 0.5) is 0 Å². The van der Waals surface area contributed by atoms with Gasteiger partial charge in [-0.1, -0.05) is 61.5 Å². The summed E-state index contributed by atoms with van der Waals surface area (Å²) in [6.45, 7) is 5.77. The second-order valence-corrected chi connectivity index (χ2v) is 8.79. The quantitative estimate of drug-likeness (QED) is 0.312. The van der Waals surface area contributed by atoms with Crippen molar-refractivity contribution in [2.75, 3.05) is 20.3 Å². The number of hydrogen-bond acceptors (Lipinski definition) is 6. The highest BCUT2D eigenvalue weighted by molar-refractivity contribution is 6.01. The van der Waals surface area contributed by atoms with E-state index in [1.807, 2.05) is 73.7 Å². The Bertz CT molecular complexity index is 1160. The maximum Gasteiger partial charge on any atom is 0.326 e. The molecule has 1 heterocycles. The zero-order valence-electron chi connectivity index (χ0n) is 20.7. The first-order chi connectivity index (χ1) is 17.0. The van der Waals surface area contributed by atoms with Crippen LogP contribution < -0.4 is 4.74 Å². The van der Waals surface area contributed by atoms with Gasteiger partial charge >= 0.3 is 11.9 Å². The summed E-state index contributed by atoms with van der Waals surface area (Å²) < 4.78 is 22.8. The first-order valence-corrected chi connectivity index (χ1v) is 12.1.